The molecule has 0 fully saturated rings. The highest BCUT2D eigenvalue weighted by atomic mass is 16.5. The van der Waals surface area contributed by atoms with Crippen LogP contribution in [0, 0.1) is 0 Å². The van der Waals surface area contributed by atoms with Crippen LogP contribution in [-0.4, -0.2) is 34.3 Å². The molecule has 0 bridgehead atoms. The number of amides is 1. The number of carbonyl (C=O) groups is 1. The molecule has 2 aromatic rings. The van der Waals surface area contributed by atoms with Gasteiger partial charge in [-0.2, -0.15) is 5.10 Å². The van der Waals surface area contributed by atoms with E-state index in [1.807, 2.05) is 44.2 Å². The number of hydrogen-bond acceptors (Lipinski definition) is 4. The van der Waals surface area contributed by atoms with E-state index in [0.717, 1.165) is 24.1 Å². The molecule has 1 amide bonds. The van der Waals surface area contributed by atoms with Gasteiger partial charge in [0.15, 0.2) is 0 Å². The lowest BCUT2D eigenvalue weighted by Gasteiger charge is -2.28. The van der Waals surface area contributed by atoms with Gasteiger partial charge in [0.2, 0.25) is 11.8 Å². The number of benzene rings is 1. The van der Waals surface area contributed by atoms with Crippen LogP contribution in [0.5, 0.6) is 5.88 Å². The molecule has 1 aliphatic heterocycles. The maximum Gasteiger partial charge on any atom is 0.243 e. The zero-order valence-corrected chi connectivity index (χ0v) is 15.6. The minimum Gasteiger partial charge on any atom is -0.481 e. The minimum absolute atomic E-state index is 0.0591. The Morgan fingerprint density at radius 1 is 1.19 bits per heavy atom. The number of nitrogens with zero attached hydrogens (tertiary/aromatic N) is 3. The summed E-state index contributed by atoms with van der Waals surface area (Å²) in [5.41, 5.74) is 2.60. The first-order chi connectivity index (χ1) is 12.5. The number of hydrogen-bond donors (Lipinski definition) is 0. The van der Waals surface area contributed by atoms with Gasteiger partial charge in [0.1, 0.15) is 0 Å². The molecular formula is C21H25N3O2. The second-order valence-electron chi connectivity index (χ2n) is 7.14. The van der Waals surface area contributed by atoms with Crippen molar-refractivity contribution < 1.29 is 9.53 Å². The second kappa shape index (κ2) is 7.68. The molecule has 0 saturated heterocycles. The Bertz CT molecular complexity index is 800. The number of rotatable bonds is 6. The third-order valence-electron chi connectivity index (χ3n) is 4.60. The Labute approximate surface area is 154 Å². The molecule has 0 saturated carbocycles. The van der Waals surface area contributed by atoms with Crippen molar-refractivity contribution in [2.45, 2.75) is 45.1 Å². The molecule has 136 valence electrons. The fourth-order valence-corrected chi connectivity index (χ4v) is 3.29. The summed E-state index contributed by atoms with van der Waals surface area (Å²) in [6.07, 6.45) is 4.57. The molecule has 0 unspecified atom stereocenters. The van der Waals surface area contributed by atoms with Crippen molar-refractivity contribution in [3.8, 4) is 5.88 Å². The molecule has 3 rings (SSSR count). The van der Waals surface area contributed by atoms with Crippen LogP contribution in [0.4, 0.5) is 0 Å². The molecule has 0 radical (unpaired) electrons. The fourth-order valence-electron chi connectivity index (χ4n) is 3.29. The lowest BCUT2D eigenvalue weighted by atomic mass is 9.95. The fraction of sp³-hybridized carbons (Fsp3) is 0.381. The van der Waals surface area contributed by atoms with E-state index in [4.69, 9.17) is 4.74 Å². The van der Waals surface area contributed by atoms with Crippen LogP contribution in [0.15, 0.2) is 53.8 Å². The monoisotopic (exact) mass is 351 g/mol. The van der Waals surface area contributed by atoms with E-state index in [9.17, 15) is 4.79 Å². The second-order valence-corrected chi connectivity index (χ2v) is 7.14. The van der Waals surface area contributed by atoms with Crippen molar-refractivity contribution in [2.75, 3.05) is 7.11 Å². The Morgan fingerprint density at radius 2 is 1.96 bits per heavy atom. The first-order valence-corrected chi connectivity index (χ1v) is 8.95. The zero-order valence-electron chi connectivity index (χ0n) is 15.6. The number of aryl methyl sites for hydroxylation is 1. The highest BCUT2D eigenvalue weighted by Crippen LogP contribution is 2.32. The van der Waals surface area contributed by atoms with Crippen LogP contribution in [0.25, 0.3) is 0 Å². The number of methoxy groups -OCH3 is 1. The SMILES string of the molecule is COc1ncccc1C1=NN(C(=O)CCCc2ccccc2)C(C)(C)C1. The molecule has 0 aliphatic carbocycles. The summed E-state index contributed by atoms with van der Waals surface area (Å²) in [6.45, 7) is 4.09. The lowest BCUT2D eigenvalue weighted by Crippen LogP contribution is -2.40. The van der Waals surface area contributed by atoms with Crippen LogP contribution >= 0.6 is 0 Å². The predicted molar refractivity (Wildman–Crippen MR) is 102 cm³/mol. The van der Waals surface area contributed by atoms with Crippen LogP contribution in [0.1, 0.15) is 44.2 Å². The van der Waals surface area contributed by atoms with Crippen molar-refractivity contribution in [1.29, 1.82) is 0 Å². The first-order valence-electron chi connectivity index (χ1n) is 8.95. The van der Waals surface area contributed by atoms with E-state index in [2.05, 4.69) is 22.2 Å². The number of hydrazone groups is 1. The van der Waals surface area contributed by atoms with E-state index >= 15 is 0 Å². The molecule has 5 heteroatoms. The van der Waals surface area contributed by atoms with Crippen molar-refractivity contribution in [3.05, 3.63) is 59.8 Å². The van der Waals surface area contributed by atoms with Gasteiger partial charge in [0.05, 0.1) is 23.9 Å². The molecule has 0 spiro atoms. The zero-order chi connectivity index (χ0) is 18.6. The largest absolute Gasteiger partial charge is 0.481 e. The van der Waals surface area contributed by atoms with Gasteiger partial charge in [-0.05, 0) is 44.4 Å². The van der Waals surface area contributed by atoms with Crippen LogP contribution in [0.3, 0.4) is 0 Å². The molecule has 1 aliphatic rings. The third-order valence-corrected chi connectivity index (χ3v) is 4.60. The van der Waals surface area contributed by atoms with Crippen LogP contribution < -0.4 is 4.74 Å². The van der Waals surface area contributed by atoms with Gasteiger partial charge >= 0.3 is 0 Å². The van der Waals surface area contributed by atoms with E-state index in [1.165, 1.54) is 5.56 Å². The summed E-state index contributed by atoms with van der Waals surface area (Å²) in [5.74, 6) is 0.601. The third kappa shape index (κ3) is 3.93. The Morgan fingerprint density at radius 3 is 2.69 bits per heavy atom. The lowest BCUT2D eigenvalue weighted by molar-refractivity contribution is -0.135. The number of ether oxygens (including phenoxy) is 1. The maximum absolute atomic E-state index is 12.8. The molecule has 1 aromatic carbocycles. The van der Waals surface area contributed by atoms with Gasteiger partial charge in [-0.15, -0.1) is 0 Å². The Balaban J connectivity index is 1.69. The first kappa shape index (κ1) is 18.1. The Hall–Kier alpha value is -2.69. The molecule has 5 nitrogen and oxygen atoms in total. The maximum atomic E-state index is 12.8. The van der Waals surface area contributed by atoms with E-state index in [0.29, 0.717) is 18.7 Å². The van der Waals surface area contributed by atoms with Crippen molar-refractivity contribution in [1.82, 2.24) is 9.99 Å². The van der Waals surface area contributed by atoms with Gasteiger partial charge in [-0.1, -0.05) is 30.3 Å². The van der Waals surface area contributed by atoms with Gasteiger partial charge in [-0.3, -0.25) is 4.79 Å². The molecule has 1 aromatic heterocycles. The van der Waals surface area contributed by atoms with E-state index < -0.39 is 0 Å². The molecule has 2 heterocycles. The van der Waals surface area contributed by atoms with E-state index in [1.54, 1.807) is 18.3 Å². The van der Waals surface area contributed by atoms with Gasteiger partial charge in [-0.25, -0.2) is 9.99 Å². The van der Waals surface area contributed by atoms with Crippen molar-refractivity contribution >= 4 is 11.6 Å². The summed E-state index contributed by atoms with van der Waals surface area (Å²) >= 11 is 0. The molecule has 0 N–H and O–H groups in total. The topological polar surface area (TPSA) is 54.8 Å². The minimum atomic E-state index is -0.347. The summed E-state index contributed by atoms with van der Waals surface area (Å²) < 4.78 is 5.34. The van der Waals surface area contributed by atoms with Crippen molar-refractivity contribution in [2.24, 2.45) is 5.10 Å². The van der Waals surface area contributed by atoms with Crippen LogP contribution in [0.2, 0.25) is 0 Å². The van der Waals surface area contributed by atoms with Gasteiger partial charge in [0, 0.05) is 19.0 Å². The highest BCUT2D eigenvalue weighted by Gasteiger charge is 2.38. The number of pyridine rings is 1. The van der Waals surface area contributed by atoms with Gasteiger partial charge < -0.3 is 4.74 Å². The average molecular weight is 351 g/mol. The average Bonchev–Trinajstić information content (AvgIpc) is 2.97. The Kier molecular flexibility index (Phi) is 5.35. The molecule has 0 atom stereocenters. The molecular weight excluding hydrogens is 326 g/mol. The summed E-state index contributed by atoms with van der Waals surface area (Å²) in [4.78, 5) is 17.0. The predicted octanol–water partition coefficient (Wildman–Crippen LogP) is 3.83. The summed E-state index contributed by atoms with van der Waals surface area (Å²) in [7, 11) is 1.60. The van der Waals surface area contributed by atoms with Crippen molar-refractivity contribution in [3.63, 3.8) is 0 Å². The summed E-state index contributed by atoms with van der Waals surface area (Å²) in [5, 5.41) is 6.26. The molecule has 26 heavy (non-hydrogen) atoms. The van der Waals surface area contributed by atoms with E-state index in [-0.39, 0.29) is 11.4 Å². The smallest absolute Gasteiger partial charge is 0.243 e. The van der Waals surface area contributed by atoms with Gasteiger partial charge in [0.25, 0.3) is 0 Å². The number of carbonyl (C=O) groups excluding carboxylic acids is 1. The van der Waals surface area contributed by atoms with Crippen LogP contribution in [-0.2, 0) is 11.2 Å². The quantitative estimate of drug-likeness (QED) is 0.795. The highest BCUT2D eigenvalue weighted by molar-refractivity contribution is 6.05. The standard InChI is InChI=1S/C21H25N3O2/c1-21(2)15-18(17-12-8-14-22-20(17)26-3)23-24(21)19(25)13-7-11-16-9-5-4-6-10-16/h4-6,8-10,12,14H,7,11,13,15H2,1-3H3. The normalized spacial score (nSPS) is 15.7. The number of aromatic nitrogens is 1. The summed E-state index contributed by atoms with van der Waals surface area (Å²) in [6, 6.07) is 14.0.